The lowest BCUT2D eigenvalue weighted by Gasteiger charge is -2.14. The molecular formula is C17H15N3O4. The largest absolute Gasteiger partial charge is 0.487 e. The molecule has 0 spiro atoms. The molecular weight excluding hydrogens is 310 g/mol. The Morgan fingerprint density at radius 3 is 2.92 bits per heavy atom. The third-order valence-corrected chi connectivity index (χ3v) is 3.21. The first kappa shape index (κ1) is 17.0. The van der Waals surface area contributed by atoms with Gasteiger partial charge in [-0.2, -0.15) is 5.26 Å². The Hall–Kier alpha value is -3.40. The molecule has 2 rings (SSSR count). The summed E-state index contributed by atoms with van der Waals surface area (Å²) in [4.78, 5) is 27.2. The lowest BCUT2D eigenvalue weighted by atomic mass is 10.2. The van der Waals surface area contributed by atoms with E-state index in [0.29, 0.717) is 11.4 Å². The third-order valence-electron chi connectivity index (χ3n) is 3.21. The molecule has 24 heavy (non-hydrogen) atoms. The van der Waals surface area contributed by atoms with Crippen LogP contribution >= 0.6 is 0 Å². The van der Waals surface area contributed by atoms with Crippen LogP contribution in [0.5, 0.6) is 5.75 Å². The van der Waals surface area contributed by atoms with Crippen molar-refractivity contribution in [1.82, 2.24) is 9.55 Å². The van der Waals surface area contributed by atoms with Crippen molar-refractivity contribution < 1.29 is 14.6 Å². The Kier molecular flexibility index (Phi) is 5.12. The molecule has 1 N–H and O–H groups in total. The predicted octanol–water partition coefficient (Wildman–Crippen LogP) is 2.09. The summed E-state index contributed by atoms with van der Waals surface area (Å²) in [6, 6.07) is 7.08. The van der Waals surface area contributed by atoms with Crippen LogP contribution in [0.15, 0.2) is 47.2 Å². The Bertz CT molecular complexity index is 907. The van der Waals surface area contributed by atoms with Gasteiger partial charge in [-0.1, -0.05) is 6.07 Å². The fourth-order valence-electron chi connectivity index (χ4n) is 2.01. The average Bonchev–Trinajstić information content (AvgIpc) is 2.53. The van der Waals surface area contributed by atoms with Crippen LogP contribution in [0.25, 0.3) is 5.69 Å². The smallest absolute Gasteiger partial charge is 0.342 e. The minimum Gasteiger partial charge on any atom is -0.487 e. The second-order valence-electron chi connectivity index (χ2n) is 5.17. The second kappa shape index (κ2) is 7.24. The molecule has 0 fully saturated rings. The van der Waals surface area contributed by atoms with Crippen LogP contribution < -0.4 is 10.3 Å². The maximum absolute atomic E-state index is 12.3. The second-order valence-corrected chi connectivity index (χ2v) is 5.17. The summed E-state index contributed by atoms with van der Waals surface area (Å²) in [6.45, 7) is 3.78. The fourth-order valence-corrected chi connectivity index (χ4v) is 2.01. The number of carbonyl (C=O) groups is 1. The summed E-state index contributed by atoms with van der Waals surface area (Å²) in [6.07, 6.45) is 3.62. The molecule has 0 aliphatic rings. The van der Waals surface area contributed by atoms with E-state index in [9.17, 15) is 9.59 Å². The summed E-state index contributed by atoms with van der Waals surface area (Å²) >= 11 is 0. The van der Waals surface area contributed by atoms with E-state index in [1.807, 2.05) is 13.0 Å². The van der Waals surface area contributed by atoms with Gasteiger partial charge in [-0.05, 0) is 37.1 Å². The molecule has 122 valence electrons. The first-order valence-corrected chi connectivity index (χ1v) is 7.03. The van der Waals surface area contributed by atoms with Gasteiger partial charge >= 0.3 is 5.97 Å². The first-order chi connectivity index (χ1) is 11.4. The van der Waals surface area contributed by atoms with Gasteiger partial charge in [-0.25, -0.2) is 9.78 Å². The van der Waals surface area contributed by atoms with Crippen molar-refractivity contribution in [1.29, 1.82) is 5.26 Å². The summed E-state index contributed by atoms with van der Waals surface area (Å²) in [5, 5.41) is 17.7. The number of hydrogen-bond donors (Lipinski definition) is 1. The summed E-state index contributed by atoms with van der Waals surface area (Å²) < 4.78 is 6.81. The van der Waals surface area contributed by atoms with E-state index >= 15 is 0 Å². The Morgan fingerprint density at radius 1 is 1.50 bits per heavy atom. The van der Waals surface area contributed by atoms with Gasteiger partial charge in [-0.3, -0.25) is 9.36 Å². The molecule has 0 aliphatic heterocycles. The molecule has 1 aromatic carbocycles. The molecule has 2 aromatic rings. The van der Waals surface area contributed by atoms with E-state index in [4.69, 9.17) is 15.1 Å². The van der Waals surface area contributed by atoms with Gasteiger partial charge in [0.05, 0.1) is 11.8 Å². The number of allylic oxidation sites excluding steroid dienone is 1. The SMILES string of the molecule is C/C(=C\C#N)COc1cc(C)ccc1-n1cncc(C(=O)O)c1=O. The Morgan fingerprint density at radius 2 is 2.25 bits per heavy atom. The maximum atomic E-state index is 12.3. The van der Waals surface area contributed by atoms with E-state index < -0.39 is 17.1 Å². The minimum absolute atomic E-state index is 0.171. The quantitative estimate of drug-likeness (QED) is 0.844. The zero-order chi connectivity index (χ0) is 17.7. The number of carboxylic acid groups (broad SMARTS) is 1. The van der Waals surface area contributed by atoms with Gasteiger partial charge < -0.3 is 9.84 Å². The summed E-state index contributed by atoms with van der Waals surface area (Å²) in [5.74, 6) is -0.948. The Labute approximate surface area is 138 Å². The van der Waals surface area contributed by atoms with Crippen LogP contribution in [0.4, 0.5) is 0 Å². The molecule has 1 heterocycles. The van der Waals surface area contributed by atoms with E-state index in [1.54, 1.807) is 25.1 Å². The number of hydrogen-bond acceptors (Lipinski definition) is 5. The van der Waals surface area contributed by atoms with Crippen molar-refractivity contribution in [2.24, 2.45) is 0 Å². The van der Waals surface area contributed by atoms with E-state index in [-0.39, 0.29) is 6.61 Å². The van der Waals surface area contributed by atoms with Gasteiger partial charge in [0.25, 0.3) is 5.56 Å². The van der Waals surface area contributed by atoms with Gasteiger partial charge in [0, 0.05) is 12.3 Å². The van der Waals surface area contributed by atoms with Crippen molar-refractivity contribution in [2.75, 3.05) is 6.61 Å². The van der Waals surface area contributed by atoms with Gasteiger partial charge in [0.15, 0.2) is 0 Å². The number of benzene rings is 1. The van der Waals surface area contributed by atoms with Gasteiger partial charge in [0.2, 0.25) is 0 Å². The van der Waals surface area contributed by atoms with E-state index in [2.05, 4.69) is 4.98 Å². The van der Waals surface area contributed by atoms with Crippen molar-refractivity contribution in [3.63, 3.8) is 0 Å². The number of ether oxygens (including phenoxy) is 1. The summed E-state index contributed by atoms with van der Waals surface area (Å²) in [7, 11) is 0. The van der Waals surface area contributed by atoms with Crippen molar-refractivity contribution in [3.05, 3.63) is 63.9 Å². The lowest BCUT2D eigenvalue weighted by molar-refractivity contribution is 0.0694. The maximum Gasteiger partial charge on any atom is 0.342 e. The Balaban J connectivity index is 2.50. The molecule has 1 aromatic heterocycles. The number of aromatic carboxylic acids is 1. The predicted molar refractivity (Wildman–Crippen MR) is 86.4 cm³/mol. The van der Waals surface area contributed by atoms with Crippen LogP contribution in [0.3, 0.4) is 0 Å². The molecule has 0 saturated carbocycles. The molecule has 7 heteroatoms. The average molecular weight is 325 g/mol. The zero-order valence-corrected chi connectivity index (χ0v) is 13.2. The van der Waals surface area contributed by atoms with Crippen molar-refractivity contribution in [2.45, 2.75) is 13.8 Å². The number of nitriles is 1. The molecule has 0 bridgehead atoms. The molecule has 0 unspecified atom stereocenters. The highest BCUT2D eigenvalue weighted by molar-refractivity contribution is 5.86. The number of aryl methyl sites for hydroxylation is 1. The van der Waals surface area contributed by atoms with Gasteiger partial charge in [0.1, 0.15) is 24.2 Å². The molecule has 0 aliphatic carbocycles. The first-order valence-electron chi connectivity index (χ1n) is 7.03. The molecule has 0 amide bonds. The number of rotatable bonds is 5. The van der Waals surface area contributed by atoms with Crippen LogP contribution in [-0.4, -0.2) is 27.2 Å². The zero-order valence-electron chi connectivity index (χ0n) is 13.2. The molecule has 7 nitrogen and oxygen atoms in total. The third kappa shape index (κ3) is 3.67. The highest BCUT2D eigenvalue weighted by atomic mass is 16.5. The fraction of sp³-hybridized carbons (Fsp3) is 0.176. The van der Waals surface area contributed by atoms with E-state index in [0.717, 1.165) is 21.9 Å². The standard InChI is InChI=1S/C17H15N3O4/c1-11-3-4-14(15(7-11)24-9-12(2)5-6-18)20-10-19-8-13(16(20)21)17(22)23/h3-5,7-8,10H,9H2,1-2H3,(H,22,23)/b12-5+. The molecule has 0 atom stereocenters. The topological polar surface area (TPSA) is 105 Å². The monoisotopic (exact) mass is 325 g/mol. The van der Waals surface area contributed by atoms with Gasteiger partial charge in [-0.15, -0.1) is 0 Å². The number of nitrogens with zero attached hydrogens (tertiary/aromatic N) is 3. The lowest BCUT2D eigenvalue weighted by Crippen LogP contribution is -2.25. The van der Waals surface area contributed by atoms with Crippen LogP contribution in [0.2, 0.25) is 0 Å². The minimum atomic E-state index is -1.34. The summed E-state index contributed by atoms with van der Waals surface area (Å²) in [5.41, 5.74) is 0.881. The van der Waals surface area contributed by atoms with E-state index in [1.165, 1.54) is 12.4 Å². The molecule has 0 saturated heterocycles. The van der Waals surface area contributed by atoms with Crippen LogP contribution in [-0.2, 0) is 0 Å². The number of aromatic nitrogens is 2. The number of carboxylic acids is 1. The normalized spacial score (nSPS) is 11.0. The highest BCUT2D eigenvalue weighted by Gasteiger charge is 2.15. The molecule has 0 radical (unpaired) electrons. The highest BCUT2D eigenvalue weighted by Crippen LogP contribution is 2.23. The van der Waals surface area contributed by atoms with Crippen LogP contribution in [0.1, 0.15) is 22.8 Å². The van der Waals surface area contributed by atoms with Crippen molar-refractivity contribution >= 4 is 5.97 Å². The van der Waals surface area contributed by atoms with Crippen LogP contribution in [0, 0.1) is 18.3 Å². The van der Waals surface area contributed by atoms with Crippen molar-refractivity contribution in [3.8, 4) is 17.5 Å².